The van der Waals surface area contributed by atoms with Gasteiger partial charge in [-0.2, -0.15) is 18.2 Å². The molecule has 0 bridgehead atoms. The molecule has 0 spiro atoms. The number of halogens is 3. The minimum absolute atomic E-state index is 0.0885. The summed E-state index contributed by atoms with van der Waals surface area (Å²) in [4.78, 5) is 19.5. The van der Waals surface area contributed by atoms with Gasteiger partial charge in [-0.05, 0) is 39.2 Å². The molecule has 0 aromatic carbocycles. The van der Waals surface area contributed by atoms with Gasteiger partial charge in [0.2, 0.25) is 5.91 Å². The fourth-order valence-electron chi connectivity index (χ4n) is 2.78. The van der Waals surface area contributed by atoms with Gasteiger partial charge >= 0.3 is 6.18 Å². The van der Waals surface area contributed by atoms with Crippen LogP contribution in [0.4, 0.5) is 13.2 Å². The third-order valence-corrected chi connectivity index (χ3v) is 4.03. The highest BCUT2D eigenvalue weighted by atomic mass is 19.4. The van der Waals surface area contributed by atoms with E-state index in [-0.39, 0.29) is 24.1 Å². The number of carbonyl (C=O) groups is 1. The maximum Gasteiger partial charge on any atom is 0.453 e. The van der Waals surface area contributed by atoms with E-state index in [0.29, 0.717) is 23.4 Å². The van der Waals surface area contributed by atoms with Gasteiger partial charge in [-0.1, -0.05) is 13.3 Å². The summed E-state index contributed by atoms with van der Waals surface area (Å²) in [5.41, 5.74) is 1.78. The molecule has 2 aromatic heterocycles. The molecule has 2 aromatic rings. The zero-order valence-corrected chi connectivity index (χ0v) is 14.7. The van der Waals surface area contributed by atoms with Crippen LogP contribution in [0, 0.1) is 13.8 Å². The fraction of sp³-hybridized carbons (Fsp3) is 0.625. The van der Waals surface area contributed by atoms with Crippen LogP contribution < -0.4 is 5.32 Å². The van der Waals surface area contributed by atoms with E-state index in [0.717, 1.165) is 17.4 Å². The molecular weight excluding hydrogens is 335 g/mol. The Morgan fingerprint density at radius 3 is 2.56 bits per heavy atom. The van der Waals surface area contributed by atoms with E-state index < -0.39 is 12.0 Å². The Labute approximate surface area is 143 Å². The van der Waals surface area contributed by atoms with E-state index in [9.17, 15) is 18.0 Å². The number of aromatic nitrogens is 4. The minimum Gasteiger partial charge on any atom is -0.354 e. The van der Waals surface area contributed by atoms with Gasteiger partial charge in [0, 0.05) is 23.9 Å². The van der Waals surface area contributed by atoms with Gasteiger partial charge in [0.25, 0.3) is 11.6 Å². The molecular formula is C16H22F3N5O. The number of rotatable bonds is 6. The molecule has 0 aliphatic carbocycles. The second-order valence-electron chi connectivity index (χ2n) is 6.16. The van der Waals surface area contributed by atoms with Gasteiger partial charge in [-0.15, -0.1) is 5.10 Å². The zero-order valence-electron chi connectivity index (χ0n) is 14.7. The number of carbonyl (C=O) groups excluding carboxylic acids is 1. The maximum atomic E-state index is 12.8. The molecule has 9 heteroatoms. The number of nitrogens with zero attached hydrogens (tertiary/aromatic N) is 4. The van der Waals surface area contributed by atoms with E-state index in [2.05, 4.69) is 20.4 Å². The van der Waals surface area contributed by atoms with Gasteiger partial charge in [0.1, 0.15) is 0 Å². The quantitative estimate of drug-likeness (QED) is 0.863. The zero-order chi connectivity index (χ0) is 18.8. The number of hydrogen-bond donors (Lipinski definition) is 1. The Balaban J connectivity index is 2.20. The summed E-state index contributed by atoms with van der Waals surface area (Å²) < 4.78 is 39.4. The van der Waals surface area contributed by atoms with Crippen molar-refractivity contribution >= 4 is 11.7 Å². The average molecular weight is 357 g/mol. The molecule has 0 radical (unpaired) electrons. The molecule has 25 heavy (non-hydrogen) atoms. The van der Waals surface area contributed by atoms with Crippen molar-refractivity contribution in [3.63, 3.8) is 0 Å². The molecule has 0 fully saturated rings. The lowest BCUT2D eigenvalue weighted by Gasteiger charge is -2.14. The highest BCUT2D eigenvalue weighted by Gasteiger charge is 2.36. The van der Waals surface area contributed by atoms with Crippen LogP contribution in [-0.4, -0.2) is 31.5 Å². The molecule has 1 unspecified atom stereocenters. The number of fused-ring (bicyclic) bond motifs is 1. The Kier molecular flexibility index (Phi) is 5.64. The number of nitrogens with one attached hydrogen (secondary N) is 1. The van der Waals surface area contributed by atoms with Crippen molar-refractivity contribution < 1.29 is 18.0 Å². The Bertz CT molecular complexity index is 769. The molecule has 6 nitrogen and oxygen atoms in total. The lowest BCUT2D eigenvalue weighted by molar-refractivity contribution is -0.144. The Morgan fingerprint density at radius 1 is 1.28 bits per heavy atom. The smallest absolute Gasteiger partial charge is 0.354 e. The van der Waals surface area contributed by atoms with Crippen LogP contribution in [0.2, 0.25) is 0 Å². The first-order valence-corrected chi connectivity index (χ1v) is 8.22. The van der Waals surface area contributed by atoms with Crippen molar-refractivity contribution in [2.45, 2.75) is 65.6 Å². The third-order valence-electron chi connectivity index (χ3n) is 4.03. The van der Waals surface area contributed by atoms with Crippen LogP contribution in [0.5, 0.6) is 0 Å². The number of aryl methyl sites for hydroxylation is 2. The van der Waals surface area contributed by atoms with Gasteiger partial charge in [0.15, 0.2) is 0 Å². The van der Waals surface area contributed by atoms with Crippen molar-refractivity contribution in [3.05, 3.63) is 22.8 Å². The summed E-state index contributed by atoms with van der Waals surface area (Å²) in [5.74, 6) is -1.40. The number of amides is 1. The Hall–Kier alpha value is -2.19. The molecule has 0 aliphatic rings. The first-order chi connectivity index (χ1) is 11.6. The van der Waals surface area contributed by atoms with Crippen molar-refractivity contribution in [1.82, 2.24) is 24.9 Å². The topological polar surface area (TPSA) is 72.2 Å². The van der Waals surface area contributed by atoms with E-state index in [1.165, 1.54) is 0 Å². The number of alkyl halides is 3. The van der Waals surface area contributed by atoms with Crippen LogP contribution in [0.25, 0.3) is 5.78 Å². The van der Waals surface area contributed by atoms with Gasteiger partial charge < -0.3 is 5.32 Å². The molecule has 0 saturated carbocycles. The lowest BCUT2D eigenvalue weighted by atomic mass is 10.1. The van der Waals surface area contributed by atoms with Crippen molar-refractivity contribution in [2.24, 2.45) is 0 Å². The predicted octanol–water partition coefficient (Wildman–Crippen LogP) is 3.00. The normalized spacial score (nSPS) is 13.2. The van der Waals surface area contributed by atoms with Crippen LogP contribution in [0.15, 0.2) is 0 Å². The predicted molar refractivity (Wildman–Crippen MR) is 86.1 cm³/mol. The van der Waals surface area contributed by atoms with E-state index in [1.54, 1.807) is 13.8 Å². The second-order valence-corrected chi connectivity index (χ2v) is 6.16. The molecule has 2 heterocycles. The molecule has 138 valence electrons. The van der Waals surface area contributed by atoms with Crippen LogP contribution in [-0.2, 0) is 17.4 Å². The highest BCUT2D eigenvalue weighted by Crippen LogP contribution is 2.27. The largest absolute Gasteiger partial charge is 0.453 e. The maximum absolute atomic E-state index is 12.8. The molecule has 1 amide bonds. The van der Waals surface area contributed by atoms with Gasteiger partial charge in [-0.25, -0.2) is 9.50 Å². The number of hydrogen-bond acceptors (Lipinski definition) is 4. The molecule has 0 saturated heterocycles. The molecule has 0 aliphatic heterocycles. The van der Waals surface area contributed by atoms with Crippen LogP contribution >= 0.6 is 0 Å². The SMILES string of the molecule is CCCC(C)NC(=O)CCc1c(C)nc2nc(C(F)(F)F)nn2c1C. The summed E-state index contributed by atoms with van der Waals surface area (Å²) in [5, 5.41) is 6.41. The molecule has 1 N–H and O–H groups in total. The van der Waals surface area contributed by atoms with Crippen molar-refractivity contribution in [1.29, 1.82) is 0 Å². The van der Waals surface area contributed by atoms with Crippen LogP contribution in [0.3, 0.4) is 0 Å². The van der Waals surface area contributed by atoms with Crippen LogP contribution in [0.1, 0.15) is 55.9 Å². The summed E-state index contributed by atoms with van der Waals surface area (Å²) >= 11 is 0. The second kappa shape index (κ2) is 7.37. The lowest BCUT2D eigenvalue weighted by Crippen LogP contribution is -2.32. The van der Waals surface area contributed by atoms with Crippen molar-refractivity contribution in [3.8, 4) is 0 Å². The first kappa shape index (κ1) is 19.1. The fourth-order valence-corrected chi connectivity index (χ4v) is 2.78. The summed E-state index contributed by atoms with van der Waals surface area (Å²) in [6, 6.07) is 0.102. The first-order valence-electron chi connectivity index (χ1n) is 8.22. The minimum atomic E-state index is -4.62. The third kappa shape index (κ3) is 4.46. The summed E-state index contributed by atoms with van der Waals surface area (Å²) in [6.07, 6.45) is -2.12. The summed E-state index contributed by atoms with van der Waals surface area (Å²) in [7, 11) is 0. The Morgan fingerprint density at radius 2 is 1.96 bits per heavy atom. The van der Waals surface area contributed by atoms with Gasteiger partial charge in [0.05, 0.1) is 0 Å². The van der Waals surface area contributed by atoms with E-state index >= 15 is 0 Å². The average Bonchev–Trinajstić information content (AvgIpc) is 2.91. The standard InChI is InChI=1S/C16H22F3N5O/c1-5-6-9(2)20-13(25)8-7-12-10(3)21-15-22-14(16(17,18)19)23-24(15)11(12)4/h9H,5-8H2,1-4H3,(H,20,25). The monoisotopic (exact) mass is 357 g/mol. The van der Waals surface area contributed by atoms with E-state index in [1.807, 2.05) is 13.8 Å². The van der Waals surface area contributed by atoms with Crippen molar-refractivity contribution in [2.75, 3.05) is 0 Å². The summed E-state index contributed by atoms with van der Waals surface area (Å²) in [6.45, 7) is 7.34. The molecule has 1 atom stereocenters. The highest BCUT2D eigenvalue weighted by molar-refractivity contribution is 5.76. The van der Waals surface area contributed by atoms with E-state index in [4.69, 9.17) is 0 Å². The van der Waals surface area contributed by atoms with Gasteiger partial charge in [-0.3, -0.25) is 4.79 Å². The molecule has 2 rings (SSSR count).